The van der Waals surface area contributed by atoms with E-state index in [1.54, 1.807) is 0 Å². The molecule has 4 unspecified atom stereocenters. The molecule has 0 spiro atoms. The Morgan fingerprint density at radius 3 is 2.58 bits per heavy atom. The molecular weight excluding hydrogens is 148 g/mol. The molecule has 0 aromatic rings. The first-order valence-electron chi connectivity index (χ1n) is 5.20. The lowest BCUT2D eigenvalue weighted by Gasteiger charge is -2.41. The number of hydrogen-bond donors (Lipinski definition) is 2. The second kappa shape index (κ2) is 1.88. The van der Waals surface area contributed by atoms with Gasteiger partial charge in [0.05, 0.1) is 0 Å². The lowest BCUT2D eigenvalue weighted by atomic mass is 9.67. The maximum Gasteiger partial charge on any atom is 0.0107 e. The van der Waals surface area contributed by atoms with Gasteiger partial charge in [0, 0.05) is 12.1 Å². The zero-order valence-corrected chi connectivity index (χ0v) is 7.55. The van der Waals surface area contributed by atoms with E-state index < -0.39 is 0 Å². The van der Waals surface area contributed by atoms with E-state index in [0.717, 1.165) is 0 Å². The van der Waals surface area contributed by atoms with E-state index in [4.69, 9.17) is 11.5 Å². The van der Waals surface area contributed by atoms with Gasteiger partial charge in [0.2, 0.25) is 0 Å². The molecule has 12 heavy (non-hydrogen) atoms. The maximum atomic E-state index is 6.08. The van der Waals surface area contributed by atoms with Crippen LogP contribution in [-0.4, -0.2) is 12.1 Å². The highest BCUT2D eigenvalue weighted by molar-refractivity contribution is 5.28. The molecule has 0 amide bonds. The standard InChI is InChI=1S/C10H18N2/c11-7-1-3-9-5-8(12)10(9,6-9)4-2-7/h7-8H,1-6,11-12H2. The third-order valence-electron chi connectivity index (χ3n) is 4.86. The smallest absolute Gasteiger partial charge is 0.0107 e. The summed E-state index contributed by atoms with van der Waals surface area (Å²) in [6.07, 6.45) is 7.86. The minimum absolute atomic E-state index is 0.469. The van der Waals surface area contributed by atoms with Gasteiger partial charge in [-0.15, -0.1) is 0 Å². The Bertz CT molecular complexity index is 228. The van der Waals surface area contributed by atoms with Gasteiger partial charge in [-0.3, -0.25) is 0 Å². The van der Waals surface area contributed by atoms with Crippen LogP contribution in [0.3, 0.4) is 0 Å². The second-order valence-electron chi connectivity index (χ2n) is 5.26. The summed E-state index contributed by atoms with van der Waals surface area (Å²) < 4.78 is 0. The molecule has 3 fully saturated rings. The van der Waals surface area contributed by atoms with Crippen LogP contribution >= 0.6 is 0 Å². The SMILES string of the molecule is NC1CCC23CC(N)C2(CC1)C3. The van der Waals surface area contributed by atoms with Crippen LogP contribution in [0, 0.1) is 10.8 Å². The Labute approximate surface area is 73.7 Å². The molecular formula is C10H18N2. The van der Waals surface area contributed by atoms with Crippen LogP contribution in [0.25, 0.3) is 0 Å². The van der Waals surface area contributed by atoms with E-state index in [2.05, 4.69) is 0 Å². The topological polar surface area (TPSA) is 52.0 Å². The molecule has 68 valence electrons. The monoisotopic (exact) mass is 166 g/mol. The molecule has 3 saturated carbocycles. The fourth-order valence-corrected chi connectivity index (χ4v) is 3.87. The largest absolute Gasteiger partial charge is 0.328 e. The Hall–Kier alpha value is -0.0800. The Morgan fingerprint density at radius 1 is 1.08 bits per heavy atom. The summed E-state index contributed by atoms with van der Waals surface area (Å²) in [4.78, 5) is 0. The summed E-state index contributed by atoms with van der Waals surface area (Å²) in [5, 5.41) is 0. The molecule has 0 aromatic carbocycles. The third kappa shape index (κ3) is 0.612. The van der Waals surface area contributed by atoms with E-state index in [0.29, 0.717) is 22.9 Å². The maximum absolute atomic E-state index is 6.08. The predicted molar refractivity (Wildman–Crippen MR) is 48.5 cm³/mol. The summed E-state index contributed by atoms with van der Waals surface area (Å²) in [5.74, 6) is 0. The molecule has 0 saturated heterocycles. The van der Waals surface area contributed by atoms with Crippen molar-refractivity contribution in [1.82, 2.24) is 0 Å². The molecule has 3 aliphatic rings. The highest BCUT2D eigenvalue weighted by Crippen LogP contribution is 2.81. The van der Waals surface area contributed by atoms with Crippen molar-refractivity contribution in [3.8, 4) is 0 Å². The van der Waals surface area contributed by atoms with Gasteiger partial charge < -0.3 is 11.5 Å². The van der Waals surface area contributed by atoms with E-state index in [-0.39, 0.29) is 0 Å². The molecule has 4 atom stereocenters. The molecule has 2 heteroatoms. The first-order chi connectivity index (χ1) is 5.69. The van der Waals surface area contributed by atoms with Crippen LogP contribution in [0.1, 0.15) is 38.5 Å². The molecule has 0 aromatic heterocycles. The molecule has 4 N–H and O–H groups in total. The molecule has 3 aliphatic carbocycles. The molecule has 0 heterocycles. The van der Waals surface area contributed by atoms with Crippen molar-refractivity contribution >= 4 is 0 Å². The molecule has 0 radical (unpaired) electrons. The lowest BCUT2D eigenvalue weighted by molar-refractivity contribution is 0.126. The Kier molecular flexibility index (Phi) is 1.15. The highest BCUT2D eigenvalue weighted by Gasteiger charge is 2.77. The average molecular weight is 166 g/mol. The van der Waals surface area contributed by atoms with Gasteiger partial charge in [0.25, 0.3) is 0 Å². The van der Waals surface area contributed by atoms with Crippen LogP contribution in [-0.2, 0) is 0 Å². The van der Waals surface area contributed by atoms with Gasteiger partial charge in [-0.05, 0) is 49.4 Å². The van der Waals surface area contributed by atoms with Crippen LogP contribution in [0.4, 0.5) is 0 Å². The van der Waals surface area contributed by atoms with Crippen LogP contribution < -0.4 is 11.5 Å². The quantitative estimate of drug-likeness (QED) is 0.564. The normalized spacial score (nSPS) is 62.5. The third-order valence-corrected chi connectivity index (χ3v) is 4.86. The Morgan fingerprint density at radius 2 is 1.83 bits per heavy atom. The minimum atomic E-state index is 0.469. The molecule has 0 aliphatic heterocycles. The van der Waals surface area contributed by atoms with Gasteiger partial charge in [0.15, 0.2) is 0 Å². The zero-order chi connectivity index (χ0) is 8.40. The fourth-order valence-electron chi connectivity index (χ4n) is 3.87. The average Bonchev–Trinajstić information content (AvgIpc) is 2.59. The summed E-state index contributed by atoms with van der Waals surface area (Å²) >= 11 is 0. The molecule has 2 nitrogen and oxygen atoms in total. The second-order valence-corrected chi connectivity index (χ2v) is 5.26. The van der Waals surface area contributed by atoms with Crippen molar-refractivity contribution in [1.29, 1.82) is 0 Å². The molecule has 0 bridgehead atoms. The van der Waals surface area contributed by atoms with Crippen LogP contribution in [0.2, 0.25) is 0 Å². The summed E-state index contributed by atoms with van der Waals surface area (Å²) in [5.41, 5.74) is 13.3. The summed E-state index contributed by atoms with van der Waals surface area (Å²) in [7, 11) is 0. The highest BCUT2D eigenvalue weighted by atomic mass is 14.9. The van der Waals surface area contributed by atoms with Crippen LogP contribution in [0.15, 0.2) is 0 Å². The minimum Gasteiger partial charge on any atom is -0.328 e. The predicted octanol–water partition coefficient (Wildman–Crippen LogP) is 0.995. The first-order valence-corrected chi connectivity index (χ1v) is 5.20. The van der Waals surface area contributed by atoms with Crippen molar-refractivity contribution in [2.24, 2.45) is 22.3 Å². The van der Waals surface area contributed by atoms with Crippen molar-refractivity contribution in [3.05, 3.63) is 0 Å². The molecule has 3 rings (SSSR count). The van der Waals surface area contributed by atoms with Gasteiger partial charge in [0.1, 0.15) is 0 Å². The van der Waals surface area contributed by atoms with E-state index in [1.165, 1.54) is 38.5 Å². The van der Waals surface area contributed by atoms with Crippen molar-refractivity contribution in [2.75, 3.05) is 0 Å². The van der Waals surface area contributed by atoms with E-state index in [9.17, 15) is 0 Å². The Balaban J connectivity index is 1.83. The van der Waals surface area contributed by atoms with Crippen molar-refractivity contribution in [2.45, 2.75) is 50.6 Å². The van der Waals surface area contributed by atoms with Crippen molar-refractivity contribution in [3.63, 3.8) is 0 Å². The lowest BCUT2D eigenvalue weighted by Crippen LogP contribution is -2.46. The fraction of sp³-hybridized carbons (Fsp3) is 1.00. The van der Waals surface area contributed by atoms with E-state index >= 15 is 0 Å². The van der Waals surface area contributed by atoms with Gasteiger partial charge in [-0.1, -0.05) is 0 Å². The van der Waals surface area contributed by atoms with Crippen molar-refractivity contribution < 1.29 is 0 Å². The number of hydrogen-bond acceptors (Lipinski definition) is 2. The van der Waals surface area contributed by atoms with Crippen LogP contribution in [0.5, 0.6) is 0 Å². The van der Waals surface area contributed by atoms with E-state index in [1.807, 2.05) is 0 Å². The van der Waals surface area contributed by atoms with Gasteiger partial charge >= 0.3 is 0 Å². The van der Waals surface area contributed by atoms with Gasteiger partial charge in [-0.2, -0.15) is 0 Å². The zero-order valence-electron chi connectivity index (χ0n) is 7.55. The first kappa shape index (κ1) is 7.34. The summed E-state index contributed by atoms with van der Waals surface area (Å²) in [6.45, 7) is 0. The number of nitrogens with two attached hydrogens (primary N) is 2. The number of rotatable bonds is 0. The summed E-state index contributed by atoms with van der Waals surface area (Å²) in [6, 6.07) is 0.986. The van der Waals surface area contributed by atoms with Gasteiger partial charge in [-0.25, -0.2) is 0 Å².